The van der Waals surface area contributed by atoms with Crippen LogP contribution in [0.1, 0.15) is 52.0 Å². The van der Waals surface area contributed by atoms with Crippen molar-refractivity contribution in [2.75, 3.05) is 0 Å². The molecule has 2 aromatic heterocycles. The second kappa shape index (κ2) is 5.79. The van der Waals surface area contributed by atoms with Gasteiger partial charge in [0.05, 0.1) is 17.9 Å². The van der Waals surface area contributed by atoms with Gasteiger partial charge in [0.15, 0.2) is 0 Å². The smallest absolute Gasteiger partial charge is 0.0849 e. The van der Waals surface area contributed by atoms with Gasteiger partial charge in [-0.05, 0) is 46.8 Å². The van der Waals surface area contributed by atoms with Crippen LogP contribution in [-0.2, 0) is 13.1 Å². The maximum Gasteiger partial charge on any atom is 0.0849 e. The van der Waals surface area contributed by atoms with Crippen LogP contribution in [0.15, 0.2) is 24.5 Å². The Kier molecular flexibility index (Phi) is 4.28. The molecule has 5 nitrogen and oxygen atoms in total. The Bertz CT molecular complexity index is 545. The molecular formula is C15H25N5. The van der Waals surface area contributed by atoms with Gasteiger partial charge in [0, 0.05) is 30.5 Å². The Morgan fingerprint density at radius 3 is 2.40 bits per heavy atom. The Balaban J connectivity index is 1.95. The van der Waals surface area contributed by atoms with Gasteiger partial charge in [-0.2, -0.15) is 10.2 Å². The van der Waals surface area contributed by atoms with Gasteiger partial charge in [-0.15, -0.1) is 0 Å². The average molecular weight is 275 g/mol. The maximum absolute atomic E-state index is 4.57. The lowest BCUT2D eigenvalue weighted by molar-refractivity contribution is 0.419. The molecule has 0 bridgehead atoms. The highest BCUT2D eigenvalue weighted by Crippen LogP contribution is 2.07. The molecule has 1 N–H and O–H groups in total. The minimum absolute atomic E-state index is 0.111. The standard InChI is InChI=1S/C15H25N5/c1-12(2)20-9-7-14(18-20)11-19-8-6-13(17-19)10-16-15(3,4)5/h6-9,12,16H,10-11H2,1-5H3. The summed E-state index contributed by atoms with van der Waals surface area (Å²) < 4.78 is 3.91. The van der Waals surface area contributed by atoms with Gasteiger partial charge in [-0.3, -0.25) is 9.36 Å². The topological polar surface area (TPSA) is 47.7 Å². The molecule has 0 aliphatic heterocycles. The highest BCUT2D eigenvalue weighted by atomic mass is 15.3. The van der Waals surface area contributed by atoms with Gasteiger partial charge in [-0.1, -0.05) is 0 Å². The number of hydrogen-bond acceptors (Lipinski definition) is 3. The van der Waals surface area contributed by atoms with Gasteiger partial charge in [-0.25, -0.2) is 0 Å². The lowest BCUT2D eigenvalue weighted by atomic mass is 10.1. The largest absolute Gasteiger partial charge is 0.306 e. The van der Waals surface area contributed by atoms with Gasteiger partial charge >= 0.3 is 0 Å². The molecule has 0 aliphatic carbocycles. The zero-order valence-electron chi connectivity index (χ0n) is 13.1. The molecule has 2 heterocycles. The van der Waals surface area contributed by atoms with Crippen LogP contribution < -0.4 is 5.32 Å². The van der Waals surface area contributed by atoms with Gasteiger partial charge < -0.3 is 5.32 Å². The van der Waals surface area contributed by atoms with Crippen molar-refractivity contribution in [1.82, 2.24) is 24.9 Å². The van der Waals surface area contributed by atoms with Crippen molar-refractivity contribution < 1.29 is 0 Å². The van der Waals surface area contributed by atoms with Crippen LogP contribution in [0.4, 0.5) is 0 Å². The summed E-state index contributed by atoms with van der Waals surface area (Å²) in [5.74, 6) is 0. The van der Waals surface area contributed by atoms with E-state index in [0.717, 1.165) is 24.5 Å². The van der Waals surface area contributed by atoms with E-state index in [1.807, 2.05) is 21.8 Å². The predicted octanol–water partition coefficient (Wildman–Crippen LogP) is 2.60. The van der Waals surface area contributed by atoms with E-state index in [1.165, 1.54) is 0 Å². The first kappa shape index (κ1) is 14.8. The Morgan fingerprint density at radius 1 is 1.10 bits per heavy atom. The molecule has 20 heavy (non-hydrogen) atoms. The number of hydrogen-bond donors (Lipinski definition) is 1. The van der Waals surface area contributed by atoms with Crippen molar-refractivity contribution in [3.05, 3.63) is 35.9 Å². The van der Waals surface area contributed by atoms with E-state index < -0.39 is 0 Å². The van der Waals surface area contributed by atoms with Crippen LogP contribution in [0.3, 0.4) is 0 Å². The van der Waals surface area contributed by atoms with E-state index >= 15 is 0 Å². The molecule has 0 saturated carbocycles. The molecule has 0 spiro atoms. The van der Waals surface area contributed by atoms with E-state index in [9.17, 15) is 0 Å². The van der Waals surface area contributed by atoms with E-state index in [0.29, 0.717) is 6.04 Å². The minimum Gasteiger partial charge on any atom is -0.306 e. The fourth-order valence-electron chi connectivity index (χ4n) is 1.86. The number of nitrogens with zero attached hydrogens (tertiary/aromatic N) is 4. The lowest BCUT2D eigenvalue weighted by Gasteiger charge is -2.19. The molecule has 5 heteroatoms. The van der Waals surface area contributed by atoms with Crippen molar-refractivity contribution in [2.24, 2.45) is 0 Å². The summed E-state index contributed by atoms with van der Waals surface area (Å²) in [6.07, 6.45) is 4.03. The third kappa shape index (κ3) is 4.20. The quantitative estimate of drug-likeness (QED) is 0.912. The van der Waals surface area contributed by atoms with Crippen LogP contribution in [-0.4, -0.2) is 25.1 Å². The van der Waals surface area contributed by atoms with E-state index in [1.54, 1.807) is 0 Å². The summed E-state index contributed by atoms with van der Waals surface area (Å²) in [5.41, 5.74) is 2.21. The van der Waals surface area contributed by atoms with Crippen LogP contribution in [0.25, 0.3) is 0 Å². The van der Waals surface area contributed by atoms with Gasteiger partial charge in [0.25, 0.3) is 0 Å². The van der Waals surface area contributed by atoms with E-state index in [2.05, 4.69) is 62.3 Å². The SMILES string of the molecule is CC(C)n1ccc(Cn2ccc(CNC(C)(C)C)n2)n1. The summed E-state index contributed by atoms with van der Waals surface area (Å²) in [6.45, 7) is 12.2. The Hall–Kier alpha value is -1.62. The predicted molar refractivity (Wildman–Crippen MR) is 80.5 cm³/mol. The van der Waals surface area contributed by atoms with Crippen molar-refractivity contribution in [1.29, 1.82) is 0 Å². The number of aromatic nitrogens is 4. The van der Waals surface area contributed by atoms with Gasteiger partial charge in [0.1, 0.15) is 0 Å². The third-order valence-corrected chi connectivity index (χ3v) is 3.01. The first-order chi connectivity index (χ1) is 9.33. The third-order valence-electron chi connectivity index (χ3n) is 3.01. The zero-order valence-corrected chi connectivity index (χ0v) is 13.1. The molecular weight excluding hydrogens is 250 g/mol. The normalized spacial score (nSPS) is 12.3. The summed E-state index contributed by atoms with van der Waals surface area (Å²) in [6, 6.07) is 4.50. The van der Waals surface area contributed by atoms with E-state index in [-0.39, 0.29) is 5.54 Å². The molecule has 0 saturated heterocycles. The Labute approximate surface area is 121 Å². The summed E-state index contributed by atoms with van der Waals surface area (Å²) in [5, 5.41) is 12.5. The highest BCUT2D eigenvalue weighted by Gasteiger charge is 2.10. The molecule has 110 valence electrons. The van der Waals surface area contributed by atoms with Crippen LogP contribution >= 0.6 is 0 Å². The molecule has 2 aromatic rings. The molecule has 0 atom stereocenters. The summed E-state index contributed by atoms with van der Waals surface area (Å²) >= 11 is 0. The van der Waals surface area contributed by atoms with Crippen molar-refractivity contribution >= 4 is 0 Å². The first-order valence-electron chi connectivity index (χ1n) is 7.15. The molecule has 0 unspecified atom stereocenters. The average Bonchev–Trinajstić information content (AvgIpc) is 2.95. The van der Waals surface area contributed by atoms with Crippen LogP contribution in [0, 0.1) is 0 Å². The second-order valence-electron chi connectivity index (χ2n) is 6.49. The maximum atomic E-state index is 4.57. The molecule has 0 aromatic carbocycles. The summed E-state index contributed by atoms with van der Waals surface area (Å²) in [4.78, 5) is 0. The fourth-order valence-corrected chi connectivity index (χ4v) is 1.86. The number of nitrogens with one attached hydrogen (secondary N) is 1. The summed E-state index contributed by atoms with van der Waals surface area (Å²) in [7, 11) is 0. The molecule has 0 fully saturated rings. The fraction of sp³-hybridized carbons (Fsp3) is 0.600. The van der Waals surface area contributed by atoms with E-state index in [4.69, 9.17) is 0 Å². The van der Waals surface area contributed by atoms with Crippen LogP contribution in [0.5, 0.6) is 0 Å². The molecule has 0 radical (unpaired) electrons. The monoisotopic (exact) mass is 275 g/mol. The molecule has 0 amide bonds. The van der Waals surface area contributed by atoms with Crippen LogP contribution in [0.2, 0.25) is 0 Å². The number of rotatable bonds is 5. The minimum atomic E-state index is 0.111. The molecule has 2 rings (SSSR count). The van der Waals surface area contributed by atoms with Crippen molar-refractivity contribution in [3.63, 3.8) is 0 Å². The Morgan fingerprint density at radius 2 is 1.80 bits per heavy atom. The lowest BCUT2D eigenvalue weighted by Crippen LogP contribution is -2.35. The van der Waals surface area contributed by atoms with Crippen molar-refractivity contribution in [3.8, 4) is 0 Å². The highest BCUT2D eigenvalue weighted by molar-refractivity contribution is 5.04. The second-order valence-corrected chi connectivity index (χ2v) is 6.49. The molecule has 0 aliphatic rings. The zero-order chi connectivity index (χ0) is 14.8. The van der Waals surface area contributed by atoms with Gasteiger partial charge in [0.2, 0.25) is 0 Å². The first-order valence-corrected chi connectivity index (χ1v) is 7.15. The van der Waals surface area contributed by atoms with Crippen molar-refractivity contribution in [2.45, 2.75) is 59.3 Å².